The van der Waals surface area contributed by atoms with Gasteiger partial charge in [-0.05, 0) is 73.6 Å². The molecule has 3 rings (SSSR count). The minimum absolute atomic E-state index is 0.157. The van der Waals surface area contributed by atoms with E-state index < -0.39 is 5.97 Å². The second kappa shape index (κ2) is 12.8. The van der Waals surface area contributed by atoms with E-state index in [-0.39, 0.29) is 18.4 Å². The summed E-state index contributed by atoms with van der Waals surface area (Å²) in [4.78, 5) is 18.4. The number of rotatable bonds is 12. The second-order valence-electron chi connectivity index (χ2n) is 8.91. The Morgan fingerprint density at radius 2 is 2.21 bits per heavy atom. The van der Waals surface area contributed by atoms with E-state index in [1.165, 1.54) is 12.2 Å². The van der Waals surface area contributed by atoms with Gasteiger partial charge in [0, 0.05) is 42.9 Å². The molecule has 1 saturated heterocycles. The molecule has 2 unspecified atom stereocenters. The number of likely N-dealkylation sites (tertiary alicyclic amines) is 1. The first-order valence-electron chi connectivity index (χ1n) is 11.8. The quantitative estimate of drug-likeness (QED) is 0.391. The number of benzene rings is 1. The lowest BCUT2D eigenvalue weighted by Crippen LogP contribution is -2.42. The molecule has 0 spiro atoms. The molecule has 0 amide bonds. The van der Waals surface area contributed by atoms with Gasteiger partial charge in [0.25, 0.3) is 0 Å². The summed E-state index contributed by atoms with van der Waals surface area (Å²) in [5.74, 6) is 2.83. The third kappa shape index (κ3) is 7.22. The normalized spacial score (nSPS) is 20.1. The topological polar surface area (TPSA) is 88.7 Å². The Labute approximate surface area is 206 Å². The number of thioether (sulfide) groups is 1. The molecule has 1 fully saturated rings. The van der Waals surface area contributed by atoms with Crippen molar-refractivity contribution >= 4 is 40.2 Å². The van der Waals surface area contributed by atoms with Gasteiger partial charge in [-0.2, -0.15) is 11.8 Å². The maximum absolute atomic E-state index is 11.5. The van der Waals surface area contributed by atoms with E-state index in [1.54, 1.807) is 13.3 Å². The summed E-state index contributed by atoms with van der Waals surface area (Å²) in [5.41, 5.74) is 8.38. The molecular formula is C25H36ClN3O3S. The largest absolute Gasteiger partial charge is 0.497 e. The van der Waals surface area contributed by atoms with Gasteiger partial charge in [-0.25, -0.2) is 0 Å². The number of nitrogens with two attached hydrogens (primary N) is 1. The number of nitrogens with zero attached hydrogens (tertiary/aromatic N) is 2. The van der Waals surface area contributed by atoms with Crippen LogP contribution in [0.25, 0.3) is 10.9 Å². The van der Waals surface area contributed by atoms with Crippen LogP contribution in [0.3, 0.4) is 0 Å². The van der Waals surface area contributed by atoms with Gasteiger partial charge in [0.05, 0.1) is 17.6 Å². The molecule has 0 bridgehead atoms. The molecular weight excluding hydrogens is 458 g/mol. The van der Waals surface area contributed by atoms with Gasteiger partial charge in [0.15, 0.2) is 0 Å². The second-order valence-corrected chi connectivity index (χ2v) is 10.5. The molecule has 0 radical (unpaired) electrons. The summed E-state index contributed by atoms with van der Waals surface area (Å²) in [6, 6.07) is 5.48. The van der Waals surface area contributed by atoms with Gasteiger partial charge < -0.3 is 20.5 Å². The fraction of sp³-hybridized carbons (Fsp3) is 0.600. The van der Waals surface area contributed by atoms with Crippen LogP contribution in [0.5, 0.6) is 5.75 Å². The number of carboxylic acids is 1. The number of halogens is 1. The predicted molar refractivity (Wildman–Crippen MR) is 137 cm³/mol. The van der Waals surface area contributed by atoms with Gasteiger partial charge in [0.1, 0.15) is 5.75 Å². The number of ether oxygens (including phenoxy) is 1. The monoisotopic (exact) mass is 493 g/mol. The van der Waals surface area contributed by atoms with Gasteiger partial charge >= 0.3 is 5.97 Å². The van der Waals surface area contributed by atoms with Crippen molar-refractivity contribution in [2.45, 2.75) is 45.1 Å². The lowest BCUT2D eigenvalue weighted by molar-refractivity contribution is -0.139. The fourth-order valence-corrected chi connectivity index (χ4v) is 6.02. The standard InChI is InChI=1S/C25H36ClN3O3S/c1-3-11-33-12-10-29-9-8-17(18(16-29)13-24(30)31)4-6-22(27)25-20-14-19(32-2)5-7-23(20)28-15-21(25)26/h5,7,14-15,17-18,22H,3-4,6,8-13,16,27H2,1-2H3,(H,30,31)/t17?,18?,22-/m1/s1. The lowest BCUT2D eigenvalue weighted by Gasteiger charge is -2.38. The SMILES string of the molecule is CCCSCCN1CCC(CC[C@@H](N)c2c(Cl)cnc3ccc(OC)cc23)C(CC(=O)O)C1. The molecule has 1 aromatic heterocycles. The number of aliphatic carboxylic acids is 1. The minimum atomic E-state index is -0.716. The van der Waals surface area contributed by atoms with Crippen LogP contribution in [0.2, 0.25) is 5.02 Å². The Bertz CT molecular complexity index is 929. The van der Waals surface area contributed by atoms with Crippen LogP contribution in [0.4, 0.5) is 0 Å². The molecule has 2 heterocycles. The number of hydrogen-bond acceptors (Lipinski definition) is 6. The molecule has 0 aliphatic carbocycles. The van der Waals surface area contributed by atoms with E-state index in [1.807, 2.05) is 30.0 Å². The zero-order valence-corrected chi connectivity index (χ0v) is 21.2. The Hall–Kier alpha value is -1.54. The van der Waals surface area contributed by atoms with Crippen LogP contribution in [-0.4, -0.2) is 59.2 Å². The van der Waals surface area contributed by atoms with E-state index in [0.29, 0.717) is 10.9 Å². The summed E-state index contributed by atoms with van der Waals surface area (Å²) in [6.07, 6.45) is 5.73. The first-order valence-corrected chi connectivity index (χ1v) is 13.4. The number of hydrogen-bond donors (Lipinski definition) is 2. The van der Waals surface area contributed by atoms with Crippen molar-refractivity contribution in [3.05, 3.63) is 35.0 Å². The summed E-state index contributed by atoms with van der Waals surface area (Å²) < 4.78 is 5.38. The predicted octanol–water partition coefficient (Wildman–Crippen LogP) is 5.23. The molecule has 6 nitrogen and oxygen atoms in total. The van der Waals surface area contributed by atoms with E-state index in [9.17, 15) is 9.90 Å². The van der Waals surface area contributed by atoms with Crippen molar-refractivity contribution in [2.75, 3.05) is 38.2 Å². The van der Waals surface area contributed by atoms with Crippen LogP contribution < -0.4 is 10.5 Å². The maximum Gasteiger partial charge on any atom is 0.303 e. The molecule has 8 heteroatoms. The highest BCUT2D eigenvalue weighted by atomic mass is 35.5. The Kier molecular flexibility index (Phi) is 10.1. The molecule has 3 atom stereocenters. The number of carbonyl (C=O) groups is 1. The van der Waals surface area contributed by atoms with Gasteiger partial charge in [-0.15, -0.1) is 0 Å². The molecule has 2 aromatic rings. The molecule has 1 aliphatic rings. The third-order valence-corrected chi connectivity index (χ3v) is 8.07. The van der Waals surface area contributed by atoms with Crippen molar-refractivity contribution in [3.8, 4) is 5.75 Å². The van der Waals surface area contributed by atoms with Crippen LogP contribution >= 0.6 is 23.4 Å². The van der Waals surface area contributed by atoms with Crippen LogP contribution in [-0.2, 0) is 4.79 Å². The average molecular weight is 494 g/mol. The first kappa shape index (κ1) is 26.1. The van der Waals surface area contributed by atoms with E-state index in [2.05, 4.69) is 16.8 Å². The Morgan fingerprint density at radius 3 is 2.94 bits per heavy atom. The first-order chi connectivity index (χ1) is 15.9. The molecule has 182 valence electrons. The maximum atomic E-state index is 11.5. The van der Waals surface area contributed by atoms with Crippen molar-refractivity contribution in [3.63, 3.8) is 0 Å². The van der Waals surface area contributed by atoms with E-state index >= 15 is 0 Å². The number of methoxy groups -OCH3 is 1. The van der Waals surface area contributed by atoms with Crippen molar-refractivity contribution in [2.24, 2.45) is 17.6 Å². The van der Waals surface area contributed by atoms with Crippen molar-refractivity contribution in [1.82, 2.24) is 9.88 Å². The van der Waals surface area contributed by atoms with Crippen molar-refractivity contribution < 1.29 is 14.6 Å². The zero-order chi connectivity index (χ0) is 23.8. The Morgan fingerprint density at radius 1 is 1.39 bits per heavy atom. The summed E-state index contributed by atoms with van der Waals surface area (Å²) in [5, 5.41) is 11.0. The highest BCUT2D eigenvalue weighted by Gasteiger charge is 2.31. The fourth-order valence-electron chi connectivity index (χ4n) is 4.84. The number of aromatic nitrogens is 1. The third-order valence-electron chi connectivity index (χ3n) is 6.60. The molecule has 0 saturated carbocycles. The number of pyridine rings is 1. The zero-order valence-electron chi connectivity index (χ0n) is 19.6. The molecule has 1 aromatic carbocycles. The smallest absolute Gasteiger partial charge is 0.303 e. The van der Waals surface area contributed by atoms with Crippen LogP contribution in [0, 0.1) is 11.8 Å². The summed E-state index contributed by atoms with van der Waals surface area (Å²) >= 11 is 8.51. The van der Waals surface area contributed by atoms with Crippen molar-refractivity contribution in [1.29, 1.82) is 0 Å². The summed E-state index contributed by atoms with van der Waals surface area (Å²) in [7, 11) is 1.64. The van der Waals surface area contributed by atoms with Gasteiger partial charge in [-0.3, -0.25) is 9.78 Å². The van der Waals surface area contributed by atoms with Crippen LogP contribution in [0.15, 0.2) is 24.4 Å². The van der Waals surface area contributed by atoms with E-state index in [0.717, 1.165) is 66.9 Å². The number of carboxylic acid groups (broad SMARTS) is 1. The van der Waals surface area contributed by atoms with Crippen LogP contribution in [0.1, 0.15) is 50.6 Å². The lowest BCUT2D eigenvalue weighted by atomic mass is 9.79. The van der Waals surface area contributed by atoms with E-state index in [4.69, 9.17) is 22.1 Å². The highest BCUT2D eigenvalue weighted by molar-refractivity contribution is 7.99. The molecule has 1 aliphatic heterocycles. The van der Waals surface area contributed by atoms with Gasteiger partial charge in [-0.1, -0.05) is 18.5 Å². The number of fused-ring (bicyclic) bond motifs is 1. The molecule has 33 heavy (non-hydrogen) atoms. The summed E-state index contributed by atoms with van der Waals surface area (Å²) in [6.45, 7) is 5.12. The van der Waals surface area contributed by atoms with Gasteiger partial charge in [0.2, 0.25) is 0 Å². The Balaban J connectivity index is 1.66. The highest BCUT2D eigenvalue weighted by Crippen LogP contribution is 2.36. The number of piperidine rings is 1. The minimum Gasteiger partial charge on any atom is -0.497 e. The average Bonchev–Trinajstić information content (AvgIpc) is 2.80. The molecule has 3 N–H and O–H groups in total.